The Morgan fingerprint density at radius 2 is 1.75 bits per heavy atom. The molecule has 0 heterocycles. The van der Waals surface area contributed by atoms with E-state index < -0.39 is 0 Å². The largest absolute Gasteiger partial charge is 0.393 e. The lowest BCUT2D eigenvalue weighted by Gasteiger charge is -2.24. The molecule has 0 amide bonds. The molecule has 0 aromatic heterocycles. The minimum Gasteiger partial charge on any atom is -0.393 e. The highest BCUT2D eigenvalue weighted by atomic mass is 32.2. The van der Waals surface area contributed by atoms with E-state index in [-0.39, 0.29) is 6.10 Å². The fraction of sp³-hybridized carbons (Fsp3) is 0.571. The summed E-state index contributed by atoms with van der Waals surface area (Å²) in [5.74, 6) is 0. The summed E-state index contributed by atoms with van der Waals surface area (Å²) < 4.78 is 0. The summed E-state index contributed by atoms with van der Waals surface area (Å²) in [4.78, 5) is 1.37. The van der Waals surface area contributed by atoms with Crippen LogP contribution in [0, 0.1) is 0 Å². The van der Waals surface area contributed by atoms with E-state index >= 15 is 0 Å². The molecular weight excluding hydrogens is 216 g/mol. The Morgan fingerprint density at radius 1 is 1.12 bits per heavy atom. The Bertz CT molecular complexity index is 312. The number of aliphatic hydroxyl groups is 1. The number of aryl methyl sites for hydroxylation is 1. The van der Waals surface area contributed by atoms with E-state index in [9.17, 15) is 5.11 Å². The first-order chi connectivity index (χ1) is 7.78. The number of aliphatic hydroxyl groups excluding tert-OH is 1. The molecule has 0 radical (unpaired) electrons. The molecule has 1 fully saturated rings. The second kappa shape index (κ2) is 5.74. The van der Waals surface area contributed by atoms with Crippen molar-refractivity contribution in [1.82, 2.24) is 0 Å². The van der Waals surface area contributed by atoms with Gasteiger partial charge in [-0.15, -0.1) is 11.8 Å². The molecule has 1 aliphatic carbocycles. The molecule has 0 spiro atoms. The van der Waals surface area contributed by atoms with Gasteiger partial charge in [-0.25, -0.2) is 0 Å². The molecule has 1 aromatic rings. The SMILES string of the molecule is CCc1ccc(SC2CCC(O)CC2)cc1. The van der Waals surface area contributed by atoms with E-state index in [0.717, 1.165) is 32.1 Å². The average molecular weight is 236 g/mol. The molecule has 2 heteroatoms. The fourth-order valence-corrected chi connectivity index (χ4v) is 3.35. The number of hydrogen-bond acceptors (Lipinski definition) is 2. The van der Waals surface area contributed by atoms with Crippen LogP contribution in [0.5, 0.6) is 0 Å². The maximum atomic E-state index is 9.45. The van der Waals surface area contributed by atoms with Crippen LogP contribution in [0.3, 0.4) is 0 Å². The maximum absolute atomic E-state index is 9.45. The van der Waals surface area contributed by atoms with Crippen molar-refractivity contribution in [3.63, 3.8) is 0 Å². The number of rotatable bonds is 3. The van der Waals surface area contributed by atoms with Crippen LogP contribution in [0.15, 0.2) is 29.2 Å². The highest BCUT2D eigenvalue weighted by Crippen LogP contribution is 2.33. The van der Waals surface area contributed by atoms with Crippen LogP contribution in [0.2, 0.25) is 0 Å². The first-order valence-corrected chi connectivity index (χ1v) is 7.09. The third kappa shape index (κ3) is 3.26. The molecule has 2 rings (SSSR count). The quantitative estimate of drug-likeness (QED) is 0.864. The number of hydrogen-bond donors (Lipinski definition) is 1. The van der Waals surface area contributed by atoms with Crippen LogP contribution in [0.1, 0.15) is 38.2 Å². The van der Waals surface area contributed by atoms with Gasteiger partial charge in [0.25, 0.3) is 0 Å². The summed E-state index contributed by atoms with van der Waals surface area (Å²) in [6.45, 7) is 2.19. The smallest absolute Gasteiger partial charge is 0.0541 e. The molecule has 0 bridgehead atoms. The topological polar surface area (TPSA) is 20.2 Å². The molecule has 1 nitrogen and oxygen atoms in total. The molecule has 1 aliphatic rings. The molecule has 0 unspecified atom stereocenters. The van der Waals surface area contributed by atoms with Crippen molar-refractivity contribution in [2.45, 2.75) is 55.3 Å². The van der Waals surface area contributed by atoms with E-state index in [0.29, 0.717) is 5.25 Å². The first-order valence-electron chi connectivity index (χ1n) is 6.21. The molecule has 0 saturated heterocycles. The van der Waals surface area contributed by atoms with E-state index in [1.807, 2.05) is 11.8 Å². The molecule has 16 heavy (non-hydrogen) atoms. The van der Waals surface area contributed by atoms with Crippen LogP contribution in [0.25, 0.3) is 0 Å². The van der Waals surface area contributed by atoms with Crippen molar-refractivity contribution in [2.75, 3.05) is 0 Å². The van der Waals surface area contributed by atoms with Gasteiger partial charge in [0.2, 0.25) is 0 Å². The van der Waals surface area contributed by atoms with E-state index in [1.54, 1.807) is 0 Å². The van der Waals surface area contributed by atoms with Crippen LogP contribution in [-0.4, -0.2) is 16.5 Å². The van der Waals surface area contributed by atoms with Gasteiger partial charge in [-0.2, -0.15) is 0 Å². The fourth-order valence-electron chi connectivity index (χ4n) is 2.16. The van der Waals surface area contributed by atoms with Crippen molar-refractivity contribution in [3.05, 3.63) is 29.8 Å². The summed E-state index contributed by atoms with van der Waals surface area (Å²) >= 11 is 1.97. The predicted molar refractivity (Wildman–Crippen MR) is 69.9 cm³/mol. The Morgan fingerprint density at radius 3 is 2.31 bits per heavy atom. The first kappa shape index (κ1) is 12.0. The van der Waals surface area contributed by atoms with Crippen LogP contribution < -0.4 is 0 Å². The third-order valence-electron chi connectivity index (χ3n) is 3.28. The van der Waals surface area contributed by atoms with Crippen LogP contribution in [0.4, 0.5) is 0 Å². The van der Waals surface area contributed by atoms with Gasteiger partial charge in [0.05, 0.1) is 6.10 Å². The van der Waals surface area contributed by atoms with Gasteiger partial charge < -0.3 is 5.11 Å². The lowest BCUT2D eigenvalue weighted by atomic mass is 9.97. The van der Waals surface area contributed by atoms with Crippen molar-refractivity contribution >= 4 is 11.8 Å². The van der Waals surface area contributed by atoms with Gasteiger partial charge in [0.15, 0.2) is 0 Å². The molecule has 1 saturated carbocycles. The number of benzene rings is 1. The van der Waals surface area contributed by atoms with E-state index in [1.165, 1.54) is 10.5 Å². The average Bonchev–Trinajstić information content (AvgIpc) is 2.33. The van der Waals surface area contributed by atoms with Gasteiger partial charge >= 0.3 is 0 Å². The van der Waals surface area contributed by atoms with Crippen molar-refractivity contribution in [1.29, 1.82) is 0 Å². The molecule has 0 aliphatic heterocycles. The molecule has 0 atom stereocenters. The van der Waals surface area contributed by atoms with Crippen molar-refractivity contribution < 1.29 is 5.11 Å². The number of thioether (sulfide) groups is 1. The summed E-state index contributed by atoms with van der Waals surface area (Å²) in [5, 5.41) is 10.2. The summed E-state index contributed by atoms with van der Waals surface area (Å²) in [5.41, 5.74) is 1.41. The molecule has 1 N–H and O–H groups in total. The predicted octanol–water partition coefficient (Wildman–Crippen LogP) is 3.64. The monoisotopic (exact) mass is 236 g/mol. The van der Waals surface area contributed by atoms with Crippen molar-refractivity contribution in [3.8, 4) is 0 Å². The second-order valence-electron chi connectivity index (χ2n) is 4.55. The zero-order valence-corrected chi connectivity index (χ0v) is 10.7. The minimum atomic E-state index is -0.0423. The second-order valence-corrected chi connectivity index (χ2v) is 5.92. The van der Waals surface area contributed by atoms with Crippen LogP contribution in [-0.2, 0) is 6.42 Å². The zero-order valence-electron chi connectivity index (χ0n) is 9.86. The lowest BCUT2D eigenvalue weighted by Crippen LogP contribution is -2.19. The Kier molecular flexibility index (Phi) is 4.30. The Hall–Kier alpha value is -0.470. The maximum Gasteiger partial charge on any atom is 0.0541 e. The van der Waals surface area contributed by atoms with Gasteiger partial charge in [-0.1, -0.05) is 19.1 Å². The highest BCUT2D eigenvalue weighted by molar-refractivity contribution is 8.00. The Balaban J connectivity index is 1.88. The lowest BCUT2D eigenvalue weighted by molar-refractivity contribution is 0.132. The van der Waals surface area contributed by atoms with Gasteiger partial charge in [0.1, 0.15) is 0 Å². The van der Waals surface area contributed by atoms with Gasteiger partial charge in [-0.05, 0) is 49.8 Å². The molecule has 1 aromatic carbocycles. The summed E-state index contributed by atoms with van der Waals surface area (Å²) in [6, 6.07) is 8.91. The highest BCUT2D eigenvalue weighted by Gasteiger charge is 2.19. The molecular formula is C14H20OS. The zero-order chi connectivity index (χ0) is 11.4. The normalized spacial score (nSPS) is 25.6. The minimum absolute atomic E-state index is 0.0423. The van der Waals surface area contributed by atoms with E-state index in [4.69, 9.17) is 0 Å². The van der Waals surface area contributed by atoms with Crippen molar-refractivity contribution in [2.24, 2.45) is 0 Å². The van der Waals surface area contributed by atoms with Gasteiger partial charge in [-0.3, -0.25) is 0 Å². The summed E-state index contributed by atoms with van der Waals surface area (Å²) in [7, 11) is 0. The van der Waals surface area contributed by atoms with Gasteiger partial charge in [0, 0.05) is 10.1 Å². The van der Waals surface area contributed by atoms with E-state index in [2.05, 4.69) is 31.2 Å². The molecule has 88 valence electrons. The third-order valence-corrected chi connectivity index (χ3v) is 4.63. The Labute approximate surface area is 102 Å². The summed E-state index contributed by atoms with van der Waals surface area (Å²) in [6.07, 6.45) is 5.33. The van der Waals surface area contributed by atoms with Crippen LogP contribution >= 0.6 is 11.8 Å². The standard InChI is InChI=1S/C14H20OS/c1-2-11-3-7-13(8-4-11)16-14-9-5-12(15)6-10-14/h3-4,7-8,12,14-15H,2,5-6,9-10H2,1H3.